The summed E-state index contributed by atoms with van der Waals surface area (Å²) in [7, 11) is 0. The van der Waals surface area contributed by atoms with Crippen LogP contribution < -0.4 is 0 Å². The summed E-state index contributed by atoms with van der Waals surface area (Å²) in [5.41, 5.74) is 7.78. The Morgan fingerprint density at radius 3 is 2.64 bits per heavy atom. The number of hydrogen-bond donors (Lipinski definition) is 1. The number of rotatable bonds is 2. The molecule has 0 saturated heterocycles. The van der Waals surface area contributed by atoms with Crippen molar-refractivity contribution in [2.45, 2.75) is 26.1 Å². The third-order valence-corrected chi connectivity index (χ3v) is 1.09. The predicted octanol–water partition coefficient (Wildman–Crippen LogP) is 1.20. The van der Waals surface area contributed by atoms with Crippen molar-refractivity contribution in [3.05, 3.63) is 10.4 Å². The third kappa shape index (κ3) is 4.19. The minimum absolute atomic E-state index is 0.659. The van der Waals surface area contributed by atoms with Gasteiger partial charge in [0, 0.05) is 10.0 Å². The van der Waals surface area contributed by atoms with Gasteiger partial charge in [-0.1, -0.05) is 0 Å². The molecule has 62 valence electrons. The van der Waals surface area contributed by atoms with Crippen LogP contribution in [0.4, 0.5) is 4.79 Å². The minimum atomic E-state index is -1.03. The quantitative estimate of drug-likeness (QED) is 0.372. The Morgan fingerprint density at radius 2 is 2.27 bits per heavy atom. The Hall–Kier alpha value is -1.26. The largest absolute Gasteiger partial charge is 0.455 e. The van der Waals surface area contributed by atoms with Gasteiger partial charge in [-0.05, 0) is 19.4 Å². The number of nitrogens with zero attached hydrogens (tertiary/aromatic N) is 3. The molecular weight excluding hydrogens is 150 g/mol. The van der Waals surface area contributed by atoms with Crippen LogP contribution in [-0.4, -0.2) is 23.4 Å². The Labute approximate surface area is 63.4 Å². The number of carbonyl (C=O) groups is 1. The van der Waals surface area contributed by atoms with E-state index < -0.39 is 18.3 Å². The molecule has 2 atom stereocenters. The van der Waals surface area contributed by atoms with Crippen LogP contribution in [0.25, 0.3) is 10.4 Å². The first-order valence-corrected chi connectivity index (χ1v) is 3.01. The molecule has 0 aliphatic heterocycles. The molecule has 0 fully saturated rings. The highest BCUT2D eigenvalue weighted by atomic mass is 16.6. The topological polar surface area (TPSA) is 95.3 Å². The molecule has 0 aromatic carbocycles. The van der Waals surface area contributed by atoms with Gasteiger partial charge in [0.15, 0.2) is 0 Å². The second kappa shape index (κ2) is 4.54. The Kier molecular flexibility index (Phi) is 4.02. The number of aliphatic hydroxyl groups is 1. The zero-order valence-electron chi connectivity index (χ0n) is 6.26. The van der Waals surface area contributed by atoms with Crippen molar-refractivity contribution >= 4 is 6.09 Å². The molecule has 0 rings (SSSR count). The van der Waals surface area contributed by atoms with Gasteiger partial charge in [-0.3, -0.25) is 0 Å². The average molecular weight is 159 g/mol. The minimum Gasteiger partial charge on any atom is -0.455 e. The lowest BCUT2D eigenvalue weighted by Gasteiger charge is -2.13. The summed E-state index contributed by atoms with van der Waals surface area (Å²) in [6.07, 6.45) is -2.46. The number of hydrogen-bond acceptors (Lipinski definition) is 3. The fourth-order valence-electron chi connectivity index (χ4n) is 0.318. The van der Waals surface area contributed by atoms with Crippen LogP contribution in [0.2, 0.25) is 0 Å². The molecule has 0 saturated carbocycles. The highest BCUT2D eigenvalue weighted by Crippen LogP contribution is 1.99. The van der Waals surface area contributed by atoms with Gasteiger partial charge in [-0.25, -0.2) is 4.79 Å². The molecule has 0 bridgehead atoms. The summed E-state index contributed by atoms with van der Waals surface area (Å²) < 4.78 is 4.44. The van der Waals surface area contributed by atoms with Crippen molar-refractivity contribution < 1.29 is 14.6 Å². The van der Waals surface area contributed by atoms with Crippen LogP contribution in [-0.2, 0) is 4.74 Å². The Morgan fingerprint density at radius 1 is 1.73 bits per heavy atom. The van der Waals surface area contributed by atoms with Gasteiger partial charge in [0.1, 0.15) is 6.10 Å². The lowest BCUT2D eigenvalue weighted by molar-refractivity contribution is 0.0267. The fourth-order valence-corrected chi connectivity index (χ4v) is 0.318. The highest BCUT2D eigenvalue weighted by Gasteiger charge is 2.12. The predicted molar refractivity (Wildman–Crippen MR) is 36.8 cm³/mol. The molecule has 0 unspecified atom stereocenters. The summed E-state index contributed by atoms with van der Waals surface area (Å²) in [6, 6.07) is 0. The zero-order chi connectivity index (χ0) is 8.85. The molecule has 11 heavy (non-hydrogen) atoms. The van der Waals surface area contributed by atoms with Crippen molar-refractivity contribution in [2.24, 2.45) is 5.11 Å². The number of azide groups is 1. The lowest BCUT2D eigenvalue weighted by atomic mass is 10.3. The lowest BCUT2D eigenvalue weighted by Crippen LogP contribution is -2.24. The molecule has 0 aromatic rings. The van der Waals surface area contributed by atoms with E-state index in [-0.39, 0.29) is 0 Å². The molecule has 0 aliphatic rings. The first kappa shape index (κ1) is 9.74. The van der Waals surface area contributed by atoms with Crippen LogP contribution in [0.1, 0.15) is 13.8 Å². The van der Waals surface area contributed by atoms with E-state index in [2.05, 4.69) is 14.8 Å². The van der Waals surface area contributed by atoms with Crippen molar-refractivity contribution in [1.82, 2.24) is 0 Å². The van der Waals surface area contributed by atoms with Gasteiger partial charge >= 0.3 is 6.09 Å². The maximum atomic E-state index is 10.4. The van der Waals surface area contributed by atoms with Crippen molar-refractivity contribution in [2.75, 3.05) is 0 Å². The number of ether oxygens (including phenoxy) is 1. The number of aliphatic hydroxyl groups excluding tert-OH is 1. The highest BCUT2D eigenvalue weighted by molar-refractivity contribution is 5.68. The molecular formula is C5H9N3O3. The standard InChI is InChI=1S/C5H9N3O3/c1-3(9)4(2)11-5(10)7-8-6/h3-4,9H,1-2H3/t3-,4-/m1/s1. The second-order valence-electron chi connectivity index (χ2n) is 2.02. The maximum Gasteiger partial charge on any atom is 0.397 e. The smallest absolute Gasteiger partial charge is 0.397 e. The number of carbonyl (C=O) groups excluding carboxylic acids is 1. The summed E-state index contributed by atoms with van der Waals surface area (Å²) in [6.45, 7) is 2.96. The van der Waals surface area contributed by atoms with Gasteiger partial charge in [0.05, 0.1) is 6.10 Å². The molecule has 0 heterocycles. The molecule has 0 aromatic heterocycles. The molecule has 1 N–H and O–H groups in total. The molecule has 0 radical (unpaired) electrons. The van der Waals surface area contributed by atoms with Gasteiger partial charge in [0.2, 0.25) is 0 Å². The Balaban J connectivity index is 3.84. The monoisotopic (exact) mass is 159 g/mol. The first-order chi connectivity index (χ1) is 5.07. The summed E-state index contributed by atoms with van der Waals surface area (Å²) >= 11 is 0. The molecule has 1 amide bonds. The number of amides is 1. The second-order valence-corrected chi connectivity index (χ2v) is 2.02. The van der Waals surface area contributed by atoms with Crippen molar-refractivity contribution in [3.8, 4) is 0 Å². The van der Waals surface area contributed by atoms with Crippen LogP contribution in [0.15, 0.2) is 5.11 Å². The molecule has 0 aliphatic carbocycles. The van der Waals surface area contributed by atoms with Crippen LogP contribution in [0.5, 0.6) is 0 Å². The normalized spacial score (nSPS) is 14.5. The van der Waals surface area contributed by atoms with E-state index in [1.807, 2.05) is 0 Å². The maximum absolute atomic E-state index is 10.4. The zero-order valence-corrected chi connectivity index (χ0v) is 6.26. The van der Waals surface area contributed by atoms with Crippen LogP contribution in [0.3, 0.4) is 0 Å². The summed E-state index contributed by atoms with van der Waals surface area (Å²) in [5, 5.41) is 11.5. The van der Waals surface area contributed by atoms with Gasteiger partial charge in [-0.15, -0.1) is 0 Å². The SMILES string of the molecule is C[C@@H](O)[C@@H](C)OC(=O)N=[N+]=[N-]. The van der Waals surface area contributed by atoms with Crippen LogP contribution in [0, 0.1) is 0 Å². The molecule has 6 nitrogen and oxygen atoms in total. The van der Waals surface area contributed by atoms with E-state index >= 15 is 0 Å². The van der Waals surface area contributed by atoms with Gasteiger partial charge < -0.3 is 9.84 Å². The molecule has 6 heteroatoms. The third-order valence-electron chi connectivity index (χ3n) is 1.09. The van der Waals surface area contributed by atoms with Gasteiger partial charge in [-0.2, -0.15) is 0 Å². The molecule has 0 spiro atoms. The van der Waals surface area contributed by atoms with E-state index in [1.54, 1.807) is 0 Å². The van der Waals surface area contributed by atoms with E-state index in [1.165, 1.54) is 13.8 Å². The first-order valence-electron chi connectivity index (χ1n) is 3.01. The van der Waals surface area contributed by atoms with Crippen LogP contribution >= 0.6 is 0 Å². The van der Waals surface area contributed by atoms with E-state index in [9.17, 15) is 4.79 Å². The van der Waals surface area contributed by atoms with Gasteiger partial charge in [0.25, 0.3) is 0 Å². The van der Waals surface area contributed by atoms with Crippen molar-refractivity contribution in [1.29, 1.82) is 0 Å². The van der Waals surface area contributed by atoms with E-state index in [4.69, 9.17) is 10.6 Å². The summed E-state index contributed by atoms with van der Waals surface area (Å²) in [4.78, 5) is 12.6. The van der Waals surface area contributed by atoms with E-state index in [0.29, 0.717) is 0 Å². The fraction of sp³-hybridized carbons (Fsp3) is 0.800. The Bertz CT molecular complexity index is 185. The van der Waals surface area contributed by atoms with E-state index in [0.717, 1.165) is 0 Å². The average Bonchev–Trinajstić information content (AvgIpc) is 1.87. The van der Waals surface area contributed by atoms with Crippen molar-refractivity contribution in [3.63, 3.8) is 0 Å². The summed E-state index contributed by atoms with van der Waals surface area (Å²) in [5.74, 6) is 0.